The monoisotopic (exact) mass is 230 g/mol. The van der Waals surface area contributed by atoms with Gasteiger partial charge in [0.15, 0.2) is 11.1 Å². The number of carboxylic acid groups (broad SMARTS) is 2. The van der Waals surface area contributed by atoms with Crippen LogP contribution in [-0.2, 0) is 11.1 Å². The minimum Gasteiger partial charge on any atom is -0.478 e. The smallest absolute Gasteiger partial charge is 0.337 e. The molecule has 0 heterocycles. The molecular weight excluding hydrogens is 224 g/mol. The SMILES string of the molecule is O=C(O)c1cccc(C(=O)O)c1S(=O)O. The molecule has 0 aromatic heterocycles. The van der Waals surface area contributed by atoms with E-state index in [1.54, 1.807) is 0 Å². The standard InChI is InChI=1S/C8H6O6S/c9-7(10)4-2-1-3-5(8(11)12)6(4)15(13)14/h1-3H,(H,9,10)(H,11,12)(H,13,14). The summed E-state index contributed by atoms with van der Waals surface area (Å²) in [6.45, 7) is 0. The lowest BCUT2D eigenvalue weighted by Crippen LogP contribution is -2.10. The molecule has 6 nitrogen and oxygen atoms in total. The Morgan fingerprint density at radius 2 is 1.47 bits per heavy atom. The zero-order valence-corrected chi connectivity index (χ0v) is 8.02. The van der Waals surface area contributed by atoms with Crippen LogP contribution in [0.5, 0.6) is 0 Å². The van der Waals surface area contributed by atoms with Crippen LogP contribution in [0, 0.1) is 0 Å². The molecule has 0 aliphatic rings. The summed E-state index contributed by atoms with van der Waals surface area (Å²) in [6, 6.07) is 3.33. The van der Waals surface area contributed by atoms with Crippen LogP contribution < -0.4 is 0 Å². The molecule has 1 aromatic carbocycles. The molecule has 1 rings (SSSR count). The van der Waals surface area contributed by atoms with Crippen LogP contribution in [0.3, 0.4) is 0 Å². The van der Waals surface area contributed by atoms with E-state index in [1.165, 1.54) is 6.07 Å². The lowest BCUT2D eigenvalue weighted by atomic mass is 10.1. The van der Waals surface area contributed by atoms with Crippen molar-refractivity contribution < 1.29 is 28.6 Å². The molecule has 1 aromatic rings. The fourth-order valence-electron chi connectivity index (χ4n) is 1.06. The third-order valence-electron chi connectivity index (χ3n) is 1.65. The molecule has 15 heavy (non-hydrogen) atoms. The molecule has 7 heteroatoms. The Labute approximate surface area is 86.5 Å². The Morgan fingerprint density at radius 1 is 1.07 bits per heavy atom. The van der Waals surface area contributed by atoms with Gasteiger partial charge in [-0.25, -0.2) is 13.8 Å². The third-order valence-corrected chi connectivity index (χ3v) is 2.44. The van der Waals surface area contributed by atoms with E-state index >= 15 is 0 Å². The minimum absolute atomic E-state index is 0.490. The van der Waals surface area contributed by atoms with Crippen molar-refractivity contribution >= 4 is 23.0 Å². The summed E-state index contributed by atoms with van der Waals surface area (Å²) < 4.78 is 19.7. The van der Waals surface area contributed by atoms with Crippen LogP contribution in [0.25, 0.3) is 0 Å². The molecule has 0 fully saturated rings. The molecule has 0 amide bonds. The summed E-state index contributed by atoms with van der Waals surface area (Å²) in [4.78, 5) is 20.7. The number of hydrogen-bond donors (Lipinski definition) is 3. The zero-order valence-electron chi connectivity index (χ0n) is 7.21. The van der Waals surface area contributed by atoms with Crippen molar-refractivity contribution in [2.24, 2.45) is 0 Å². The average Bonchev–Trinajstić information content (AvgIpc) is 2.16. The largest absolute Gasteiger partial charge is 0.478 e. The van der Waals surface area contributed by atoms with Crippen molar-refractivity contribution in [1.82, 2.24) is 0 Å². The third kappa shape index (κ3) is 2.20. The lowest BCUT2D eigenvalue weighted by molar-refractivity contribution is 0.0689. The summed E-state index contributed by atoms with van der Waals surface area (Å²) in [6.07, 6.45) is 0. The highest BCUT2D eigenvalue weighted by atomic mass is 32.2. The first-order chi connectivity index (χ1) is 6.95. The molecule has 0 radical (unpaired) electrons. The van der Waals surface area contributed by atoms with Gasteiger partial charge in [-0.1, -0.05) is 6.07 Å². The number of hydrogen-bond acceptors (Lipinski definition) is 3. The highest BCUT2D eigenvalue weighted by Crippen LogP contribution is 2.18. The van der Waals surface area contributed by atoms with E-state index in [2.05, 4.69) is 0 Å². The van der Waals surface area contributed by atoms with Crippen molar-refractivity contribution in [3.63, 3.8) is 0 Å². The number of benzene rings is 1. The predicted octanol–water partition coefficient (Wildman–Crippen LogP) is 0.664. The van der Waals surface area contributed by atoms with Gasteiger partial charge >= 0.3 is 11.9 Å². The van der Waals surface area contributed by atoms with Crippen molar-refractivity contribution in [1.29, 1.82) is 0 Å². The average molecular weight is 230 g/mol. The number of aromatic carboxylic acids is 2. The molecule has 0 saturated carbocycles. The molecule has 0 spiro atoms. The summed E-state index contributed by atoms with van der Waals surface area (Å²) >= 11 is -2.65. The van der Waals surface area contributed by atoms with Crippen LogP contribution in [0.2, 0.25) is 0 Å². The first-order valence-corrected chi connectivity index (χ1v) is 4.76. The Bertz CT molecular complexity index is 420. The van der Waals surface area contributed by atoms with Gasteiger partial charge in [-0.05, 0) is 12.1 Å². The molecular formula is C8H6O6S. The van der Waals surface area contributed by atoms with Crippen LogP contribution in [0.4, 0.5) is 0 Å². The Hall–Kier alpha value is -1.73. The molecule has 0 aliphatic carbocycles. The number of carboxylic acids is 2. The van der Waals surface area contributed by atoms with E-state index in [9.17, 15) is 13.8 Å². The molecule has 0 bridgehead atoms. The van der Waals surface area contributed by atoms with Crippen molar-refractivity contribution in [2.45, 2.75) is 4.90 Å². The molecule has 80 valence electrons. The van der Waals surface area contributed by atoms with Gasteiger partial charge in [0.25, 0.3) is 0 Å². The van der Waals surface area contributed by atoms with E-state index in [-0.39, 0.29) is 0 Å². The van der Waals surface area contributed by atoms with Crippen molar-refractivity contribution in [3.8, 4) is 0 Å². The molecule has 0 saturated heterocycles. The van der Waals surface area contributed by atoms with Crippen LogP contribution >= 0.6 is 0 Å². The minimum atomic E-state index is -2.65. The van der Waals surface area contributed by atoms with E-state index in [0.717, 1.165) is 12.1 Å². The maximum atomic E-state index is 10.8. The topological polar surface area (TPSA) is 112 Å². The predicted molar refractivity (Wildman–Crippen MR) is 49.4 cm³/mol. The van der Waals surface area contributed by atoms with Gasteiger partial charge in [-0.2, -0.15) is 0 Å². The normalized spacial score (nSPS) is 12.1. The highest BCUT2D eigenvalue weighted by molar-refractivity contribution is 7.79. The van der Waals surface area contributed by atoms with E-state index < -0.39 is 39.0 Å². The molecule has 1 unspecified atom stereocenters. The first kappa shape index (κ1) is 11.3. The van der Waals surface area contributed by atoms with Gasteiger partial charge in [0.1, 0.15) is 0 Å². The highest BCUT2D eigenvalue weighted by Gasteiger charge is 2.21. The maximum absolute atomic E-state index is 10.8. The van der Waals surface area contributed by atoms with Gasteiger partial charge < -0.3 is 14.8 Å². The second-order valence-electron chi connectivity index (χ2n) is 2.54. The summed E-state index contributed by atoms with van der Waals surface area (Å²) in [5.41, 5.74) is -0.980. The molecule has 1 atom stereocenters. The molecule has 0 aliphatic heterocycles. The van der Waals surface area contributed by atoms with Gasteiger partial charge in [0.2, 0.25) is 0 Å². The fraction of sp³-hybridized carbons (Fsp3) is 0. The summed E-state index contributed by atoms with van der Waals surface area (Å²) in [5, 5.41) is 17.4. The number of carbonyl (C=O) groups is 2. The quantitative estimate of drug-likeness (QED) is 0.657. The maximum Gasteiger partial charge on any atom is 0.337 e. The van der Waals surface area contributed by atoms with Gasteiger partial charge in [0.05, 0.1) is 16.0 Å². The zero-order chi connectivity index (χ0) is 11.6. The first-order valence-electron chi connectivity index (χ1n) is 3.65. The van der Waals surface area contributed by atoms with E-state index in [4.69, 9.17) is 14.8 Å². The van der Waals surface area contributed by atoms with E-state index in [1.807, 2.05) is 0 Å². The van der Waals surface area contributed by atoms with E-state index in [0.29, 0.717) is 0 Å². The second kappa shape index (κ2) is 4.20. The summed E-state index contributed by atoms with van der Waals surface area (Å²) in [5.74, 6) is -2.90. The number of rotatable bonds is 3. The van der Waals surface area contributed by atoms with Gasteiger partial charge in [-0.15, -0.1) is 0 Å². The van der Waals surface area contributed by atoms with Gasteiger partial charge in [0, 0.05) is 0 Å². The lowest BCUT2D eigenvalue weighted by Gasteiger charge is -2.04. The van der Waals surface area contributed by atoms with Crippen LogP contribution in [0.15, 0.2) is 23.1 Å². The van der Waals surface area contributed by atoms with Crippen molar-refractivity contribution in [2.75, 3.05) is 0 Å². The molecule has 3 N–H and O–H groups in total. The van der Waals surface area contributed by atoms with Crippen LogP contribution in [0.1, 0.15) is 20.7 Å². The Kier molecular flexibility index (Phi) is 3.17. The fourth-order valence-corrected chi connectivity index (χ4v) is 1.75. The van der Waals surface area contributed by atoms with Gasteiger partial charge in [-0.3, -0.25) is 0 Å². The Balaban J connectivity index is 3.56. The summed E-state index contributed by atoms with van der Waals surface area (Å²) in [7, 11) is 0. The Morgan fingerprint density at radius 3 is 1.73 bits per heavy atom. The second-order valence-corrected chi connectivity index (χ2v) is 3.45. The van der Waals surface area contributed by atoms with Crippen LogP contribution in [-0.4, -0.2) is 30.9 Å². The van der Waals surface area contributed by atoms with Crippen molar-refractivity contribution in [3.05, 3.63) is 29.3 Å².